The fourth-order valence-electron chi connectivity index (χ4n) is 3.23. The van der Waals surface area contributed by atoms with Crippen molar-refractivity contribution in [3.8, 4) is 0 Å². The van der Waals surface area contributed by atoms with Crippen LogP contribution in [0.15, 0.2) is 36.5 Å². The average Bonchev–Trinajstić information content (AvgIpc) is 3.18. The Morgan fingerprint density at radius 3 is 2.44 bits per heavy atom. The van der Waals surface area contributed by atoms with Gasteiger partial charge in [-0.05, 0) is 56.9 Å². The molecule has 0 spiro atoms. The third kappa shape index (κ3) is 5.23. The molecule has 1 aliphatic rings. The number of Topliss-reactive ketones (excluding diaryl/α,β-unsaturated/α-hetero) is 1. The van der Waals surface area contributed by atoms with Gasteiger partial charge in [-0.15, -0.1) is 11.3 Å². The van der Waals surface area contributed by atoms with Gasteiger partial charge >= 0.3 is 0 Å². The number of ketones is 1. The third-order valence-corrected chi connectivity index (χ3v) is 5.96. The Labute approximate surface area is 162 Å². The van der Waals surface area contributed by atoms with E-state index < -0.39 is 0 Å². The lowest BCUT2D eigenvalue weighted by molar-refractivity contribution is -0.126. The molecule has 2 amide bonds. The lowest BCUT2D eigenvalue weighted by Crippen LogP contribution is -2.40. The second-order valence-electron chi connectivity index (χ2n) is 6.78. The minimum Gasteiger partial charge on any atom is -0.350 e. The molecule has 7 heteroatoms. The van der Waals surface area contributed by atoms with Crippen molar-refractivity contribution >= 4 is 28.9 Å². The molecule has 2 aromatic heterocycles. The molecule has 2 aromatic rings. The van der Waals surface area contributed by atoms with Gasteiger partial charge in [-0.3, -0.25) is 19.4 Å². The Bertz CT molecular complexity index is 811. The van der Waals surface area contributed by atoms with Crippen molar-refractivity contribution < 1.29 is 14.4 Å². The molecule has 6 nitrogen and oxygen atoms in total. The quantitative estimate of drug-likeness (QED) is 0.749. The van der Waals surface area contributed by atoms with Crippen molar-refractivity contribution in [2.45, 2.75) is 45.2 Å². The maximum Gasteiger partial charge on any atom is 0.261 e. The molecule has 3 rings (SSSR count). The van der Waals surface area contributed by atoms with E-state index in [0.29, 0.717) is 16.3 Å². The number of carbonyl (C=O) groups is 3. The number of carbonyl (C=O) groups excluding carboxylic acids is 3. The number of pyridine rings is 1. The van der Waals surface area contributed by atoms with Crippen molar-refractivity contribution in [2.75, 3.05) is 0 Å². The molecule has 0 saturated heterocycles. The number of hydrogen-bond donors (Lipinski definition) is 2. The van der Waals surface area contributed by atoms with Crippen molar-refractivity contribution in [2.24, 2.45) is 5.92 Å². The molecular weight excluding hydrogens is 362 g/mol. The van der Waals surface area contributed by atoms with Crippen LogP contribution >= 0.6 is 11.3 Å². The predicted octanol–water partition coefficient (Wildman–Crippen LogP) is 2.95. The van der Waals surface area contributed by atoms with Crippen molar-refractivity contribution in [1.29, 1.82) is 0 Å². The van der Waals surface area contributed by atoms with Crippen LogP contribution < -0.4 is 10.6 Å². The molecule has 2 heterocycles. The Kier molecular flexibility index (Phi) is 6.34. The van der Waals surface area contributed by atoms with Crippen LogP contribution in [-0.4, -0.2) is 28.6 Å². The van der Waals surface area contributed by atoms with Gasteiger partial charge in [0.2, 0.25) is 5.91 Å². The number of thiophene rings is 1. The monoisotopic (exact) mass is 385 g/mol. The molecule has 27 heavy (non-hydrogen) atoms. The van der Waals surface area contributed by atoms with E-state index >= 15 is 0 Å². The molecule has 2 N–H and O–H groups in total. The van der Waals surface area contributed by atoms with E-state index in [1.54, 1.807) is 18.3 Å². The summed E-state index contributed by atoms with van der Waals surface area (Å²) in [6.07, 6.45) is 4.77. The summed E-state index contributed by atoms with van der Waals surface area (Å²) >= 11 is 1.22. The van der Waals surface area contributed by atoms with Crippen LogP contribution in [0, 0.1) is 5.92 Å². The fourth-order valence-corrected chi connectivity index (χ4v) is 4.03. The second-order valence-corrected chi connectivity index (χ2v) is 7.86. The highest BCUT2D eigenvalue weighted by Gasteiger charge is 2.27. The van der Waals surface area contributed by atoms with Gasteiger partial charge in [-0.2, -0.15) is 0 Å². The number of nitrogens with zero attached hydrogens (tertiary/aromatic N) is 1. The maximum atomic E-state index is 12.3. The molecule has 0 aliphatic heterocycles. The molecule has 0 atom stereocenters. The van der Waals surface area contributed by atoms with Crippen molar-refractivity contribution in [3.63, 3.8) is 0 Å². The van der Waals surface area contributed by atoms with Gasteiger partial charge in [0, 0.05) is 18.2 Å². The fraction of sp³-hybridized carbons (Fsp3) is 0.400. The van der Waals surface area contributed by atoms with E-state index in [0.717, 1.165) is 31.4 Å². The molecule has 142 valence electrons. The minimum absolute atomic E-state index is 0.0204. The van der Waals surface area contributed by atoms with Crippen LogP contribution in [0.4, 0.5) is 0 Å². The maximum absolute atomic E-state index is 12.3. The van der Waals surface area contributed by atoms with E-state index in [1.165, 1.54) is 18.3 Å². The van der Waals surface area contributed by atoms with E-state index in [4.69, 9.17) is 0 Å². The van der Waals surface area contributed by atoms with Gasteiger partial charge in [-0.25, -0.2) is 0 Å². The van der Waals surface area contributed by atoms with Gasteiger partial charge in [0.1, 0.15) is 0 Å². The summed E-state index contributed by atoms with van der Waals surface area (Å²) in [6.45, 7) is 1.93. The van der Waals surface area contributed by atoms with E-state index in [-0.39, 0.29) is 29.6 Å². The van der Waals surface area contributed by atoms with Crippen LogP contribution in [0.25, 0.3) is 0 Å². The predicted molar refractivity (Wildman–Crippen MR) is 104 cm³/mol. The van der Waals surface area contributed by atoms with Gasteiger partial charge in [0.05, 0.1) is 22.0 Å². The van der Waals surface area contributed by atoms with Crippen LogP contribution in [-0.2, 0) is 11.3 Å². The summed E-state index contributed by atoms with van der Waals surface area (Å²) in [5.74, 6) is -0.144. The summed E-state index contributed by atoms with van der Waals surface area (Å²) in [5.41, 5.74) is 0.840. The lowest BCUT2D eigenvalue weighted by atomic mass is 9.85. The van der Waals surface area contributed by atoms with Crippen LogP contribution in [0.5, 0.6) is 0 Å². The Morgan fingerprint density at radius 2 is 1.81 bits per heavy atom. The Morgan fingerprint density at radius 1 is 1.07 bits per heavy atom. The minimum atomic E-state index is -0.143. The topological polar surface area (TPSA) is 88.2 Å². The van der Waals surface area contributed by atoms with Gasteiger partial charge < -0.3 is 10.6 Å². The highest BCUT2D eigenvalue weighted by molar-refractivity contribution is 7.15. The Hall–Kier alpha value is -2.54. The number of rotatable bonds is 6. The molecule has 0 aromatic carbocycles. The third-order valence-electron chi connectivity index (χ3n) is 4.78. The van der Waals surface area contributed by atoms with Gasteiger partial charge in [0.25, 0.3) is 5.91 Å². The highest BCUT2D eigenvalue weighted by atomic mass is 32.1. The SMILES string of the molecule is CC(=O)c1ccc(C(=O)NC2CCC(C(=O)NCc3ccccn3)CC2)s1. The lowest BCUT2D eigenvalue weighted by Gasteiger charge is -2.28. The van der Waals surface area contributed by atoms with Crippen LogP contribution in [0.3, 0.4) is 0 Å². The first-order valence-electron chi connectivity index (χ1n) is 9.12. The first-order valence-corrected chi connectivity index (χ1v) is 9.94. The standard InChI is InChI=1S/C20H23N3O3S/c1-13(24)17-9-10-18(27-17)20(26)23-15-7-5-14(6-8-15)19(25)22-12-16-4-2-3-11-21-16/h2-4,9-11,14-15H,5-8,12H2,1H3,(H,22,25)(H,23,26). The smallest absolute Gasteiger partial charge is 0.261 e. The van der Waals surface area contributed by atoms with Crippen molar-refractivity contribution in [3.05, 3.63) is 52.0 Å². The number of amides is 2. The normalized spacial score (nSPS) is 19.3. The summed E-state index contributed by atoms with van der Waals surface area (Å²) in [5, 5.41) is 5.97. The molecule has 1 fully saturated rings. The van der Waals surface area contributed by atoms with E-state index in [2.05, 4.69) is 15.6 Å². The molecular formula is C20H23N3O3S. The zero-order chi connectivity index (χ0) is 19.2. The first kappa shape index (κ1) is 19.2. The van der Waals surface area contributed by atoms with E-state index in [9.17, 15) is 14.4 Å². The number of nitrogens with one attached hydrogen (secondary N) is 2. The summed E-state index contributed by atoms with van der Waals surface area (Å²) in [4.78, 5) is 41.4. The molecule has 1 saturated carbocycles. The number of aromatic nitrogens is 1. The zero-order valence-corrected chi connectivity index (χ0v) is 16.1. The molecule has 0 radical (unpaired) electrons. The van der Waals surface area contributed by atoms with Crippen LogP contribution in [0.1, 0.15) is 57.6 Å². The van der Waals surface area contributed by atoms with E-state index in [1.807, 2.05) is 18.2 Å². The largest absolute Gasteiger partial charge is 0.350 e. The second kappa shape index (κ2) is 8.90. The van der Waals surface area contributed by atoms with Gasteiger partial charge in [-0.1, -0.05) is 6.07 Å². The summed E-state index contributed by atoms with van der Waals surface area (Å²) < 4.78 is 0. The molecule has 1 aliphatic carbocycles. The summed E-state index contributed by atoms with van der Waals surface area (Å²) in [7, 11) is 0. The average molecular weight is 385 g/mol. The van der Waals surface area contributed by atoms with Crippen LogP contribution in [0.2, 0.25) is 0 Å². The number of hydrogen-bond acceptors (Lipinski definition) is 5. The molecule has 0 unspecified atom stereocenters. The van der Waals surface area contributed by atoms with Crippen molar-refractivity contribution in [1.82, 2.24) is 15.6 Å². The van der Waals surface area contributed by atoms with Gasteiger partial charge in [0.15, 0.2) is 5.78 Å². The first-order chi connectivity index (χ1) is 13.0. The Balaban J connectivity index is 1.43. The summed E-state index contributed by atoms with van der Waals surface area (Å²) in [6, 6.07) is 9.07. The zero-order valence-electron chi connectivity index (χ0n) is 15.2. The highest BCUT2D eigenvalue weighted by Crippen LogP contribution is 2.25. The molecule has 0 bridgehead atoms.